The number of hydrogen-bond acceptors (Lipinski definition) is 3. The Morgan fingerprint density at radius 2 is 1.96 bits per heavy atom. The molecule has 1 fully saturated rings. The third kappa shape index (κ3) is 3.21. The maximum Gasteiger partial charge on any atom is 0.264 e. The smallest absolute Gasteiger partial charge is 0.264 e. The van der Waals surface area contributed by atoms with Crippen molar-refractivity contribution in [1.29, 1.82) is 0 Å². The lowest BCUT2D eigenvalue weighted by molar-refractivity contribution is 0.0695. The minimum absolute atomic E-state index is 0.179. The molecule has 3 heterocycles. The molecule has 5 heteroatoms. The van der Waals surface area contributed by atoms with Crippen LogP contribution >= 0.6 is 11.3 Å². The van der Waals surface area contributed by atoms with Crippen LogP contribution in [0, 0.1) is 12.8 Å². The van der Waals surface area contributed by atoms with Crippen LogP contribution < -0.4 is 0 Å². The largest absolute Gasteiger partial charge is 0.338 e. The van der Waals surface area contributed by atoms with Crippen LogP contribution in [0.25, 0.3) is 10.2 Å². The van der Waals surface area contributed by atoms with E-state index in [1.165, 1.54) is 5.56 Å². The molecular formula is C20H23N3OS. The number of hydrogen-bond donors (Lipinski definition) is 0. The predicted octanol–water partition coefficient (Wildman–Crippen LogP) is 4.04. The quantitative estimate of drug-likeness (QED) is 0.713. The first-order chi connectivity index (χ1) is 12.1. The molecule has 1 aromatic carbocycles. The second-order valence-electron chi connectivity index (χ2n) is 6.96. The molecule has 0 saturated carbocycles. The molecule has 0 unspecified atom stereocenters. The molecule has 4 nitrogen and oxygen atoms in total. The van der Waals surface area contributed by atoms with Gasteiger partial charge in [0.15, 0.2) is 0 Å². The van der Waals surface area contributed by atoms with E-state index in [-0.39, 0.29) is 5.91 Å². The molecule has 1 amide bonds. The number of fused-ring (bicyclic) bond motifs is 1. The molecule has 0 N–H and O–H groups in total. The molecule has 2 aromatic heterocycles. The van der Waals surface area contributed by atoms with Crippen LogP contribution in [0.2, 0.25) is 0 Å². The molecule has 0 aliphatic carbocycles. The average Bonchev–Trinajstić information content (AvgIpc) is 3.18. The maximum absolute atomic E-state index is 12.9. The zero-order valence-corrected chi connectivity index (χ0v) is 15.6. The maximum atomic E-state index is 12.9. The van der Waals surface area contributed by atoms with Crippen LogP contribution in [0.3, 0.4) is 0 Å². The Hall–Kier alpha value is -2.14. The third-order valence-electron chi connectivity index (χ3n) is 5.18. The van der Waals surface area contributed by atoms with Crippen LogP contribution in [0.15, 0.2) is 36.4 Å². The number of rotatable bonds is 3. The Labute approximate surface area is 152 Å². The first-order valence-corrected chi connectivity index (χ1v) is 9.70. The van der Waals surface area contributed by atoms with Crippen molar-refractivity contribution in [2.24, 2.45) is 13.0 Å². The number of nitrogens with zero attached hydrogens (tertiary/aromatic N) is 3. The van der Waals surface area contributed by atoms with Crippen LogP contribution in [0.1, 0.15) is 33.8 Å². The monoisotopic (exact) mass is 353 g/mol. The first-order valence-electron chi connectivity index (χ1n) is 8.88. The van der Waals surface area contributed by atoms with Gasteiger partial charge in [-0.25, -0.2) is 0 Å². The molecule has 130 valence electrons. The molecule has 0 atom stereocenters. The summed E-state index contributed by atoms with van der Waals surface area (Å²) in [6.07, 6.45) is 3.30. The van der Waals surface area contributed by atoms with Crippen molar-refractivity contribution < 1.29 is 4.79 Å². The van der Waals surface area contributed by atoms with Gasteiger partial charge >= 0.3 is 0 Å². The molecule has 25 heavy (non-hydrogen) atoms. The first kappa shape index (κ1) is 16.3. The number of thiophene rings is 1. The zero-order chi connectivity index (χ0) is 17.4. The van der Waals surface area contributed by atoms with Crippen LogP contribution in [-0.4, -0.2) is 33.7 Å². The molecule has 1 aliphatic heterocycles. The molecule has 0 radical (unpaired) electrons. The lowest BCUT2D eigenvalue weighted by Gasteiger charge is -2.31. The van der Waals surface area contributed by atoms with E-state index in [1.54, 1.807) is 11.3 Å². The standard InChI is InChI=1S/C20H23N3OS/c1-14-17-13-18(25-20(17)22(2)21-14)19(24)23-10-8-16(9-11-23)12-15-6-4-3-5-7-15/h3-7,13,16H,8-12H2,1-2H3. The highest BCUT2D eigenvalue weighted by molar-refractivity contribution is 7.20. The van der Waals surface area contributed by atoms with Gasteiger partial charge in [-0.1, -0.05) is 30.3 Å². The number of carbonyl (C=O) groups excluding carboxylic acids is 1. The van der Waals surface area contributed by atoms with Crippen molar-refractivity contribution in [2.45, 2.75) is 26.2 Å². The highest BCUT2D eigenvalue weighted by atomic mass is 32.1. The van der Waals surface area contributed by atoms with Gasteiger partial charge in [0, 0.05) is 25.5 Å². The fourth-order valence-electron chi connectivity index (χ4n) is 3.75. The van der Waals surface area contributed by atoms with Gasteiger partial charge in [-0.15, -0.1) is 11.3 Å². The summed E-state index contributed by atoms with van der Waals surface area (Å²) in [5.74, 6) is 0.860. The molecule has 0 bridgehead atoms. The van der Waals surface area contributed by atoms with Gasteiger partial charge in [-0.2, -0.15) is 5.10 Å². The van der Waals surface area contributed by atoms with E-state index in [9.17, 15) is 4.79 Å². The summed E-state index contributed by atoms with van der Waals surface area (Å²) in [5.41, 5.74) is 2.40. The van der Waals surface area contributed by atoms with E-state index in [4.69, 9.17) is 0 Å². The Morgan fingerprint density at radius 3 is 2.64 bits per heavy atom. The normalized spacial score (nSPS) is 15.8. The number of likely N-dealkylation sites (tertiary alicyclic amines) is 1. The summed E-state index contributed by atoms with van der Waals surface area (Å²) >= 11 is 1.56. The molecule has 0 spiro atoms. The highest BCUT2D eigenvalue weighted by Crippen LogP contribution is 2.30. The lowest BCUT2D eigenvalue weighted by Crippen LogP contribution is -2.38. The fraction of sp³-hybridized carbons (Fsp3) is 0.400. The summed E-state index contributed by atoms with van der Waals surface area (Å²) in [6.45, 7) is 3.72. The molecule has 1 aliphatic rings. The summed E-state index contributed by atoms with van der Waals surface area (Å²) < 4.78 is 1.87. The SMILES string of the molecule is Cc1nn(C)c2sc(C(=O)N3CCC(Cc4ccccc4)CC3)cc12. The van der Waals surface area contributed by atoms with E-state index in [0.717, 1.165) is 53.1 Å². The minimum Gasteiger partial charge on any atom is -0.338 e. The van der Waals surface area contributed by atoms with E-state index < -0.39 is 0 Å². The van der Waals surface area contributed by atoms with Crippen molar-refractivity contribution >= 4 is 27.5 Å². The number of benzene rings is 1. The second kappa shape index (κ2) is 6.64. The van der Waals surface area contributed by atoms with Crippen molar-refractivity contribution in [3.05, 3.63) is 52.5 Å². The van der Waals surface area contributed by atoms with Crippen molar-refractivity contribution in [3.63, 3.8) is 0 Å². The van der Waals surface area contributed by atoms with Gasteiger partial charge in [0.2, 0.25) is 0 Å². The second-order valence-corrected chi connectivity index (χ2v) is 7.99. The summed E-state index contributed by atoms with van der Waals surface area (Å²) in [5, 5.41) is 5.52. The Bertz CT molecular complexity index is 854. The topological polar surface area (TPSA) is 38.1 Å². The van der Waals surface area contributed by atoms with Gasteiger partial charge in [0.25, 0.3) is 5.91 Å². The van der Waals surface area contributed by atoms with E-state index >= 15 is 0 Å². The Morgan fingerprint density at radius 1 is 1.24 bits per heavy atom. The molecular weight excluding hydrogens is 330 g/mol. The molecule has 3 aromatic rings. The Kier molecular flexibility index (Phi) is 4.34. The zero-order valence-electron chi connectivity index (χ0n) is 14.7. The predicted molar refractivity (Wildman–Crippen MR) is 102 cm³/mol. The van der Waals surface area contributed by atoms with E-state index in [1.807, 2.05) is 29.6 Å². The average molecular weight is 353 g/mol. The molecule has 4 rings (SSSR count). The van der Waals surface area contributed by atoms with Gasteiger partial charge in [-0.3, -0.25) is 9.48 Å². The number of aromatic nitrogens is 2. The summed E-state index contributed by atoms with van der Waals surface area (Å²) in [6, 6.07) is 12.7. The van der Waals surface area contributed by atoms with Gasteiger partial charge < -0.3 is 4.90 Å². The molecule has 1 saturated heterocycles. The van der Waals surface area contributed by atoms with E-state index in [0.29, 0.717) is 5.92 Å². The highest BCUT2D eigenvalue weighted by Gasteiger charge is 2.25. The lowest BCUT2D eigenvalue weighted by atomic mass is 9.90. The van der Waals surface area contributed by atoms with Gasteiger partial charge in [0.05, 0.1) is 10.6 Å². The van der Waals surface area contributed by atoms with Gasteiger partial charge in [0.1, 0.15) is 4.83 Å². The van der Waals surface area contributed by atoms with Crippen molar-refractivity contribution in [3.8, 4) is 0 Å². The van der Waals surface area contributed by atoms with Crippen molar-refractivity contribution in [2.75, 3.05) is 13.1 Å². The number of piperidine rings is 1. The minimum atomic E-state index is 0.179. The van der Waals surface area contributed by atoms with Gasteiger partial charge in [-0.05, 0) is 43.7 Å². The summed E-state index contributed by atoms with van der Waals surface area (Å²) in [7, 11) is 1.94. The third-order valence-corrected chi connectivity index (χ3v) is 6.37. The van der Waals surface area contributed by atoms with Crippen LogP contribution in [-0.2, 0) is 13.5 Å². The summed E-state index contributed by atoms with van der Waals surface area (Å²) in [4.78, 5) is 16.8. The van der Waals surface area contributed by atoms with E-state index in [2.05, 4.69) is 35.4 Å². The fourth-order valence-corrected chi connectivity index (χ4v) is 4.85. The number of amides is 1. The number of carbonyl (C=O) groups is 1. The van der Waals surface area contributed by atoms with Crippen molar-refractivity contribution in [1.82, 2.24) is 14.7 Å². The number of aryl methyl sites for hydroxylation is 2. The van der Waals surface area contributed by atoms with Crippen LogP contribution in [0.4, 0.5) is 0 Å². The van der Waals surface area contributed by atoms with Crippen LogP contribution in [0.5, 0.6) is 0 Å². The Balaban J connectivity index is 1.41.